The summed E-state index contributed by atoms with van der Waals surface area (Å²) >= 11 is 0. The van der Waals surface area contributed by atoms with Crippen molar-refractivity contribution in [3.63, 3.8) is 0 Å². The van der Waals surface area contributed by atoms with E-state index in [2.05, 4.69) is 5.10 Å². The van der Waals surface area contributed by atoms with Crippen LogP contribution in [0.4, 0.5) is 5.69 Å². The highest BCUT2D eigenvalue weighted by molar-refractivity contribution is 6.25. The van der Waals surface area contributed by atoms with Crippen LogP contribution in [0.5, 0.6) is 0 Å². The molecule has 28 heavy (non-hydrogen) atoms. The van der Waals surface area contributed by atoms with Gasteiger partial charge in [0, 0.05) is 39.8 Å². The number of benzene rings is 3. The maximum Gasteiger partial charge on any atom is 0.278 e. The van der Waals surface area contributed by atoms with Crippen molar-refractivity contribution >= 4 is 28.3 Å². The zero-order chi connectivity index (χ0) is 19.4. The Hall–Kier alpha value is -4.13. The van der Waals surface area contributed by atoms with Gasteiger partial charge in [0.2, 0.25) is 0 Å². The molecule has 0 saturated carbocycles. The van der Waals surface area contributed by atoms with Gasteiger partial charge in [-0.15, -0.1) is 0 Å². The molecule has 1 aromatic heterocycles. The highest BCUT2D eigenvalue weighted by Crippen LogP contribution is 2.38. The van der Waals surface area contributed by atoms with Crippen molar-refractivity contribution < 1.29 is 14.5 Å². The summed E-state index contributed by atoms with van der Waals surface area (Å²) in [5, 5.41) is 16.0. The molecule has 1 heterocycles. The third-order valence-electron chi connectivity index (χ3n) is 4.90. The highest BCUT2D eigenvalue weighted by Gasteiger charge is 2.29. The first kappa shape index (κ1) is 16.1. The predicted molar refractivity (Wildman–Crippen MR) is 101 cm³/mol. The number of hydrogen-bond donors (Lipinski definition) is 0. The normalized spacial score (nSPS) is 12.1. The summed E-state index contributed by atoms with van der Waals surface area (Å²) in [5.41, 5.74) is 3.03. The molecule has 134 valence electrons. The number of carbonyl (C=O) groups excluding carboxylic acids is 2. The second-order valence-electron chi connectivity index (χ2n) is 6.44. The molecule has 0 aliphatic heterocycles. The Labute approximate surface area is 158 Å². The van der Waals surface area contributed by atoms with E-state index in [9.17, 15) is 19.7 Å². The second-order valence-corrected chi connectivity index (χ2v) is 6.44. The van der Waals surface area contributed by atoms with Gasteiger partial charge < -0.3 is 0 Å². The lowest BCUT2D eigenvalue weighted by atomic mass is 9.87. The van der Waals surface area contributed by atoms with E-state index < -0.39 is 10.8 Å². The van der Waals surface area contributed by atoms with Gasteiger partial charge >= 0.3 is 0 Å². The number of carbonyl (C=O) groups is 2. The van der Waals surface area contributed by atoms with Crippen LogP contribution in [-0.4, -0.2) is 26.4 Å². The second kappa shape index (κ2) is 5.68. The molecule has 1 aliphatic carbocycles. The zero-order valence-corrected chi connectivity index (χ0v) is 14.3. The van der Waals surface area contributed by atoms with Crippen LogP contribution in [0.25, 0.3) is 22.2 Å². The molecule has 0 N–H and O–H groups in total. The maximum atomic E-state index is 13.0. The van der Waals surface area contributed by atoms with Crippen LogP contribution < -0.4 is 0 Å². The lowest BCUT2D eigenvalue weighted by molar-refractivity contribution is -0.384. The summed E-state index contributed by atoms with van der Waals surface area (Å²) in [6, 6.07) is 17.7. The smallest absolute Gasteiger partial charge is 0.278 e. The fraction of sp³-hybridized carbons (Fsp3) is 0. The first-order valence-corrected chi connectivity index (χ1v) is 8.51. The van der Waals surface area contributed by atoms with Crippen molar-refractivity contribution in [1.29, 1.82) is 0 Å². The molecule has 7 heteroatoms. The van der Waals surface area contributed by atoms with Gasteiger partial charge in [0.15, 0.2) is 5.78 Å². The van der Waals surface area contributed by atoms with Gasteiger partial charge in [-0.3, -0.25) is 19.7 Å². The fourth-order valence-corrected chi connectivity index (χ4v) is 3.58. The van der Waals surface area contributed by atoms with E-state index in [1.807, 2.05) is 12.1 Å². The molecule has 0 bridgehead atoms. The average molecular weight is 369 g/mol. The average Bonchev–Trinajstić information content (AvgIpc) is 3.12. The number of fused-ring (bicyclic) bond motifs is 2. The molecule has 0 amide bonds. The van der Waals surface area contributed by atoms with Crippen molar-refractivity contribution in [3.05, 3.63) is 93.5 Å². The zero-order valence-electron chi connectivity index (χ0n) is 14.3. The summed E-state index contributed by atoms with van der Waals surface area (Å²) in [5.74, 6) is -0.522. The monoisotopic (exact) mass is 369 g/mol. The van der Waals surface area contributed by atoms with Gasteiger partial charge in [-0.05, 0) is 18.2 Å². The van der Waals surface area contributed by atoms with E-state index in [-0.39, 0.29) is 17.0 Å². The summed E-state index contributed by atoms with van der Waals surface area (Å²) in [7, 11) is 0. The largest absolute Gasteiger partial charge is 0.289 e. The Kier molecular flexibility index (Phi) is 3.26. The van der Waals surface area contributed by atoms with Crippen molar-refractivity contribution in [3.8, 4) is 11.3 Å². The summed E-state index contributed by atoms with van der Waals surface area (Å²) < 4.78 is 1.25. The molecular formula is C21H11N3O4. The van der Waals surface area contributed by atoms with E-state index in [1.54, 1.807) is 30.3 Å². The van der Waals surface area contributed by atoms with Crippen LogP contribution >= 0.6 is 0 Å². The van der Waals surface area contributed by atoms with E-state index in [0.29, 0.717) is 33.3 Å². The Morgan fingerprint density at radius 2 is 1.57 bits per heavy atom. The number of aromatic nitrogens is 2. The van der Waals surface area contributed by atoms with Gasteiger partial charge in [-0.25, -0.2) is 0 Å². The van der Waals surface area contributed by atoms with E-state index in [1.165, 1.54) is 28.9 Å². The predicted octanol–water partition coefficient (Wildman–Crippen LogP) is 3.84. The van der Waals surface area contributed by atoms with E-state index in [0.717, 1.165) is 0 Å². The van der Waals surface area contributed by atoms with Crippen LogP contribution in [-0.2, 0) is 0 Å². The van der Waals surface area contributed by atoms with Crippen molar-refractivity contribution in [2.24, 2.45) is 0 Å². The number of nitro groups is 1. The molecule has 0 radical (unpaired) electrons. The minimum atomic E-state index is -0.521. The van der Waals surface area contributed by atoms with E-state index in [4.69, 9.17) is 0 Å². The standard InChI is InChI=1S/C21H11N3O4/c25-20-15-5-2-1-4-14(15)19-18-16(20)6-3-7-17(18)23(22-19)21(26)12-8-10-13(11-9-12)24(27)28/h1-11H. The Bertz CT molecular complexity index is 1320. The van der Waals surface area contributed by atoms with Crippen LogP contribution in [0.2, 0.25) is 0 Å². The topological polar surface area (TPSA) is 95.1 Å². The van der Waals surface area contributed by atoms with Gasteiger partial charge in [0.05, 0.1) is 10.4 Å². The minimum absolute atomic E-state index is 0.0951. The molecule has 5 rings (SSSR count). The number of nitro benzene ring substituents is 1. The first-order valence-electron chi connectivity index (χ1n) is 8.51. The Balaban J connectivity index is 1.73. The van der Waals surface area contributed by atoms with Crippen molar-refractivity contribution in [1.82, 2.24) is 9.78 Å². The quantitative estimate of drug-likeness (QED) is 0.348. The Morgan fingerprint density at radius 3 is 2.29 bits per heavy atom. The number of rotatable bonds is 2. The molecule has 0 atom stereocenters. The third kappa shape index (κ3) is 2.13. The molecule has 4 aromatic rings. The van der Waals surface area contributed by atoms with Crippen molar-refractivity contribution in [2.45, 2.75) is 0 Å². The molecule has 3 aromatic carbocycles. The minimum Gasteiger partial charge on any atom is -0.289 e. The maximum absolute atomic E-state index is 13.0. The van der Waals surface area contributed by atoms with E-state index >= 15 is 0 Å². The fourth-order valence-electron chi connectivity index (χ4n) is 3.58. The third-order valence-corrected chi connectivity index (χ3v) is 4.90. The Morgan fingerprint density at radius 1 is 0.893 bits per heavy atom. The van der Waals surface area contributed by atoms with Gasteiger partial charge in [-0.2, -0.15) is 9.78 Å². The van der Waals surface area contributed by atoms with Crippen LogP contribution in [0.1, 0.15) is 26.3 Å². The SMILES string of the molecule is O=C1c2ccccc2-c2nn(C(=O)c3ccc([N+](=O)[O-])cc3)c3cccc1c23. The molecule has 0 saturated heterocycles. The lowest BCUT2D eigenvalue weighted by Crippen LogP contribution is -2.13. The van der Waals surface area contributed by atoms with Gasteiger partial charge in [0.1, 0.15) is 5.69 Å². The molecular weight excluding hydrogens is 358 g/mol. The number of hydrogen-bond acceptors (Lipinski definition) is 5. The lowest BCUT2D eigenvalue weighted by Gasteiger charge is -2.13. The number of non-ortho nitro benzene ring substituents is 1. The summed E-state index contributed by atoms with van der Waals surface area (Å²) in [4.78, 5) is 36.2. The summed E-state index contributed by atoms with van der Waals surface area (Å²) in [6.45, 7) is 0. The molecule has 0 spiro atoms. The van der Waals surface area contributed by atoms with Gasteiger partial charge in [0.25, 0.3) is 11.6 Å². The van der Waals surface area contributed by atoms with Crippen LogP contribution in [0.3, 0.4) is 0 Å². The highest BCUT2D eigenvalue weighted by atomic mass is 16.6. The number of ketones is 1. The summed E-state index contributed by atoms with van der Waals surface area (Å²) in [6.07, 6.45) is 0. The van der Waals surface area contributed by atoms with Crippen molar-refractivity contribution in [2.75, 3.05) is 0 Å². The molecule has 7 nitrogen and oxygen atoms in total. The first-order chi connectivity index (χ1) is 13.6. The molecule has 1 aliphatic rings. The van der Waals surface area contributed by atoms with Crippen LogP contribution in [0, 0.1) is 10.1 Å². The molecule has 0 unspecified atom stereocenters. The molecule has 0 fully saturated rings. The number of nitrogens with zero attached hydrogens (tertiary/aromatic N) is 3. The van der Waals surface area contributed by atoms with Gasteiger partial charge in [-0.1, -0.05) is 36.4 Å². The van der Waals surface area contributed by atoms with Crippen LogP contribution in [0.15, 0.2) is 66.7 Å².